The van der Waals surface area contributed by atoms with Crippen LogP contribution in [0.2, 0.25) is 0 Å². The molecule has 0 aromatic heterocycles. The lowest BCUT2D eigenvalue weighted by atomic mass is 10.1. The molecule has 0 bridgehead atoms. The Morgan fingerprint density at radius 1 is 1.00 bits per heavy atom. The van der Waals surface area contributed by atoms with E-state index in [1.54, 1.807) is 6.07 Å². The van der Waals surface area contributed by atoms with Crippen LogP contribution in [0.1, 0.15) is 34.5 Å². The number of hydrogen-bond donors (Lipinski definition) is 1. The first kappa shape index (κ1) is 21.5. The zero-order chi connectivity index (χ0) is 21.9. The summed E-state index contributed by atoms with van der Waals surface area (Å²) in [5, 5.41) is 2.89. The molecule has 7 heteroatoms. The lowest BCUT2D eigenvalue weighted by Crippen LogP contribution is -2.28. The first-order valence-electron chi connectivity index (χ1n) is 9.40. The van der Waals surface area contributed by atoms with Gasteiger partial charge in [0.25, 0.3) is 15.9 Å². The van der Waals surface area contributed by atoms with Crippen molar-refractivity contribution in [3.8, 4) is 0 Å². The predicted molar refractivity (Wildman–Crippen MR) is 115 cm³/mol. The number of nitrogens with one attached hydrogen (secondary N) is 1. The van der Waals surface area contributed by atoms with Crippen LogP contribution in [-0.2, 0) is 10.0 Å². The van der Waals surface area contributed by atoms with Crippen LogP contribution in [0.5, 0.6) is 0 Å². The summed E-state index contributed by atoms with van der Waals surface area (Å²) >= 11 is 0. The maximum atomic E-state index is 13.1. The fourth-order valence-corrected chi connectivity index (χ4v) is 4.21. The number of hydrogen-bond acceptors (Lipinski definition) is 3. The number of sulfonamides is 1. The van der Waals surface area contributed by atoms with Gasteiger partial charge >= 0.3 is 0 Å². The third-order valence-electron chi connectivity index (χ3n) is 4.87. The van der Waals surface area contributed by atoms with Gasteiger partial charge in [0.2, 0.25) is 0 Å². The number of rotatable bonds is 6. The second-order valence-electron chi connectivity index (χ2n) is 7.08. The lowest BCUT2D eigenvalue weighted by molar-refractivity contribution is 0.0939. The van der Waals surface area contributed by atoms with Crippen molar-refractivity contribution in [2.45, 2.75) is 24.8 Å². The number of benzene rings is 3. The van der Waals surface area contributed by atoms with Crippen LogP contribution in [-0.4, -0.2) is 21.4 Å². The van der Waals surface area contributed by atoms with E-state index in [1.165, 1.54) is 49.5 Å². The van der Waals surface area contributed by atoms with Crippen LogP contribution in [0.3, 0.4) is 0 Å². The van der Waals surface area contributed by atoms with Crippen molar-refractivity contribution in [3.63, 3.8) is 0 Å². The average molecular weight is 427 g/mol. The quantitative estimate of drug-likeness (QED) is 0.633. The Bertz CT molecular complexity index is 1140. The van der Waals surface area contributed by atoms with Crippen molar-refractivity contribution < 1.29 is 17.6 Å². The van der Waals surface area contributed by atoms with Crippen molar-refractivity contribution >= 4 is 21.6 Å². The van der Waals surface area contributed by atoms with Crippen molar-refractivity contribution in [1.29, 1.82) is 0 Å². The maximum absolute atomic E-state index is 13.1. The van der Waals surface area contributed by atoms with Gasteiger partial charge in [-0.1, -0.05) is 35.9 Å². The van der Waals surface area contributed by atoms with Gasteiger partial charge in [-0.05, 0) is 61.9 Å². The van der Waals surface area contributed by atoms with E-state index in [1.807, 2.05) is 38.1 Å². The van der Waals surface area contributed by atoms with E-state index in [4.69, 9.17) is 0 Å². The topological polar surface area (TPSA) is 66.5 Å². The van der Waals surface area contributed by atoms with E-state index in [9.17, 15) is 17.6 Å². The van der Waals surface area contributed by atoms with E-state index < -0.39 is 15.8 Å². The monoisotopic (exact) mass is 426 g/mol. The molecule has 0 spiro atoms. The standard InChI is InChI=1S/C23H23FN2O3S/c1-16-7-9-18(10-8-16)17(2)25-23(27)19-5-4-6-22(15-19)30(28,29)26(3)21-13-11-20(24)12-14-21/h4-15,17H,1-3H3,(H,25,27). The number of nitrogens with zero attached hydrogens (tertiary/aromatic N) is 1. The number of aryl methyl sites for hydroxylation is 1. The van der Waals surface area contributed by atoms with Gasteiger partial charge in [0.05, 0.1) is 16.6 Å². The molecule has 1 unspecified atom stereocenters. The summed E-state index contributed by atoms with van der Waals surface area (Å²) in [5.74, 6) is -0.824. The third-order valence-corrected chi connectivity index (χ3v) is 6.65. The number of halogens is 1. The third kappa shape index (κ3) is 4.68. The molecule has 0 heterocycles. The van der Waals surface area contributed by atoms with Crippen molar-refractivity contribution in [2.75, 3.05) is 11.4 Å². The van der Waals surface area contributed by atoms with Crippen molar-refractivity contribution in [3.05, 3.63) is 95.3 Å². The summed E-state index contributed by atoms with van der Waals surface area (Å²) in [4.78, 5) is 12.7. The van der Waals surface area contributed by atoms with Crippen LogP contribution in [0.25, 0.3) is 0 Å². The molecular formula is C23H23FN2O3S. The normalized spacial score (nSPS) is 12.3. The highest BCUT2D eigenvalue weighted by molar-refractivity contribution is 7.92. The molecular weight excluding hydrogens is 403 g/mol. The highest BCUT2D eigenvalue weighted by atomic mass is 32.2. The molecule has 3 rings (SSSR count). The SMILES string of the molecule is Cc1ccc(C(C)NC(=O)c2cccc(S(=O)(=O)N(C)c3ccc(F)cc3)c2)cc1. The molecule has 3 aromatic rings. The predicted octanol–water partition coefficient (Wildman–Crippen LogP) is 4.45. The first-order valence-corrected chi connectivity index (χ1v) is 10.8. The Kier molecular flexibility index (Phi) is 6.22. The number of carbonyl (C=O) groups is 1. The van der Waals surface area contributed by atoms with E-state index in [0.717, 1.165) is 15.4 Å². The Balaban J connectivity index is 1.81. The van der Waals surface area contributed by atoms with E-state index in [2.05, 4.69) is 5.32 Å². The Morgan fingerprint density at radius 2 is 1.63 bits per heavy atom. The van der Waals surface area contributed by atoms with Gasteiger partial charge in [0, 0.05) is 12.6 Å². The fraction of sp³-hybridized carbons (Fsp3) is 0.174. The molecule has 5 nitrogen and oxygen atoms in total. The van der Waals surface area contributed by atoms with Crippen LogP contribution in [0, 0.1) is 12.7 Å². The Hall–Kier alpha value is -3.19. The molecule has 0 aliphatic rings. The minimum Gasteiger partial charge on any atom is -0.346 e. The average Bonchev–Trinajstić information content (AvgIpc) is 2.74. The van der Waals surface area contributed by atoms with Gasteiger partial charge in [-0.15, -0.1) is 0 Å². The van der Waals surface area contributed by atoms with Gasteiger partial charge in [0.1, 0.15) is 5.82 Å². The van der Waals surface area contributed by atoms with Crippen LogP contribution in [0.4, 0.5) is 10.1 Å². The van der Waals surface area contributed by atoms with Gasteiger partial charge < -0.3 is 5.32 Å². The Morgan fingerprint density at radius 3 is 2.27 bits per heavy atom. The maximum Gasteiger partial charge on any atom is 0.264 e. The van der Waals surface area contributed by atoms with Crippen LogP contribution >= 0.6 is 0 Å². The smallest absolute Gasteiger partial charge is 0.264 e. The fourth-order valence-electron chi connectivity index (χ4n) is 2.96. The molecule has 0 saturated heterocycles. The number of anilines is 1. The molecule has 0 saturated carbocycles. The number of carbonyl (C=O) groups excluding carboxylic acids is 1. The van der Waals surface area contributed by atoms with E-state index in [0.29, 0.717) is 5.69 Å². The van der Waals surface area contributed by atoms with E-state index in [-0.39, 0.29) is 22.4 Å². The summed E-state index contributed by atoms with van der Waals surface area (Å²) in [6.07, 6.45) is 0. The number of amides is 1. The summed E-state index contributed by atoms with van der Waals surface area (Å²) in [6.45, 7) is 3.85. The lowest BCUT2D eigenvalue weighted by Gasteiger charge is -2.20. The molecule has 0 aliphatic carbocycles. The molecule has 0 radical (unpaired) electrons. The van der Waals surface area contributed by atoms with Gasteiger partial charge in [0.15, 0.2) is 0 Å². The van der Waals surface area contributed by atoms with Crippen LogP contribution in [0.15, 0.2) is 77.7 Å². The minimum atomic E-state index is -3.92. The summed E-state index contributed by atoms with van der Waals surface area (Å²) in [5.41, 5.74) is 2.64. The first-order chi connectivity index (χ1) is 14.2. The molecule has 0 fully saturated rings. The largest absolute Gasteiger partial charge is 0.346 e. The van der Waals surface area contributed by atoms with Crippen molar-refractivity contribution in [1.82, 2.24) is 5.32 Å². The molecule has 156 valence electrons. The second-order valence-corrected chi connectivity index (χ2v) is 9.05. The van der Waals surface area contributed by atoms with Gasteiger partial charge in [-0.3, -0.25) is 9.10 Å². The molecule has 0 aliphatic heterocycles. The molecule has 3 aromatic carbocycles. The summed E-state index contributed by atoms with van der Waals surface area (Å²) < 4.78 is 40.1. The zero-order valence-electron chi connectivity index (χ0n) is 17.0. The molecule has 1 atom stereocenters. The highest BCUT2D eigenvalue weighted by Gasteiger charge is 2.23. The summed E-state index contributed by atoms with van der Waals surface area (Å²) in [7, 11) is -2.53. The Labute approximate surface area is 176 Å². The van der Waals surface area contributed by atoms with Crippen molar-refractivity contribution in [2.24, 2.45) is 0 Å². The van der Waals surface area contributed by atoms with Gasteiger partial charge in [-0.2, -0.15) is 0 Å². The molecule has 1 N–H and O–H groups in total. The van der Waals surface area contributed by atoms with E-state index >= 15 is 0 Å². The second kappa shape index (κ2) is 8.67. The minimum absolute atomic E-state index is 0.0232. The summed E-state index contributed by atoms with van der Waals surface area (Å²) in [6, 6.07) is 18.6. The molecule has 1 amide bonds. The highest BCUT2D eigenvalue weighted by Crippen LogP contribution is 2.23. The zero-order valence-corrected chi connectivity index (χ0v) is 17.8. The van der Waals surface area contributed by atoms with Crippen LogP contribution < -0.4 is 9.62 Å². The van der Waals surface area contributed by atoms with Gasteiger partial charge in [-0.25, -0.2) is 12.8 Å². The molecule has 30 heavy (non-hydrogen) atoms.